The molecule has 0 atom stereocenters. The van der Waals surface area contributed by atoms with Crippen LogP contribution >= 0.6 is 0 Å². The van der Waals surface area contributed by atoms with Crippen molar-refractivity contribution in [2.75, 3.05) is 0 Å². The number of rotatable bonds is 3. The minimum absolute atomic E-state index is 0.145. The standard InChI is InChI=1S/C15H22N4O/c1-14(2,3)9-15(4,5)17-13(20)12-10-8-16-7-6-11(10)18-19-12/h6-8H,9H2,1-5H3,(H,17,20)(H,18,19). The number of fused-ring (bicyclic) bond motifs is 1. The fourth-order valence-corrected chi connectivity index (χ4v) is 2.77. The van der Waals surface area contributed by atoms with Crippen molar-refractivity contribution >= 4 is 16.8 Å². The second kappa shape index (κ2) is 4.89. The summed E-state index contributed by atoms with van der Waals surface area (Å²) in [5.41, 5.74) is 1.07. The Labute approximate surface area is 119 Å². The van der Waals surface area contributed by atoms with E-state index in [2.05, 4.69) is 41.3 Å². The van der Waals surface area contributed by atoms with Crippen LogP contribution in [-0.2, 0) is 0 Å². The van der Waals surface area contributed by atoms with E-state index in [-0.39, 0.29) is 16.9 Å². The van der Waals surface area contributed by atoms with E-state index in [0.717, 1.165) is 17.3 Å². The van der Waals surface area contributed by atoms with Crippen LogP contribution in [0.2, 0.25) is 0 Å². The van der Waals surface area contributed by atoms with E-state index >= 15 is 0 Å². The summed E-state index contributed by atoms with van der Waals surface area (Å²) in [5.74, 6) is -0.168. The van der Waals surface area contributed by atoms with Gasteiger partial charge in [-0.25, -0.2) is 0 Å². The van der Waals surface area contributed by atoms with E-state index in [9.17, 15) is 4.79 Å². The normalized spacial score (nSPS) is 12.7. The largest absolute Gasteiger partial charge is 0.346 e. The van der Waals surface area contributed by atoms with Gasteiger partial charge in [-0.05, 0) is 31.7 Å². The molecule has 0 radical (unpaired) electrons. The summed E-state index contributed by atoms with van der Waals surface area (Å²) in [4.78, 5) is 16.4. The predicted octanol–water partition coefficient (Wildman–Crippen LogP) is 2.90. The minimum Gasteiger partial charge on any atom is -0.346 e. The molecule has 0 bridgehead atoms. The number of pyridine rings is 1. The first kappa shape index (κ1) is 14.5. The second-order valence-electron chi connectivity index (χ2n) is 7.07. The van der Waals surface area contributed by atoms with E-state index in [1.807, 2.05) is 13.8 Å². The SMILES string of the molecule is CC(C)(C)CC(C)(C)NC(=O)c1n[nH]c2ccncc12. The van der Waals surface area contributed by atoms with Gasteiger partial charge in [0.25, 0.3) is 5.91 Å². The van der Waals surface area contributed by atoms with Gasteiger partial charge in [-0.1, -0.05) is 20.8 Å². The van der Waals surface area contributed by atoms with E-state index in [1.54, 1.807) is 18.5 Å². The predicted molar refractivity (Wildman–Crippen MR) is 79.5 cm³/mol. The number of aromatic nitrogens is 3. The summed E-state index contributed by atoms with van der Waals surface area (Å²) in [6.45, 7) is 10.5. The molecule has 0 saturated heterocycles. The van der Waals surface area contributed by atoms with E-state index in [1.165, 1.54) is 0 Å². The van der Waals surface area contributed by atoms with Crippen molar-refractivity contribution in [3.05, 3.63) is 24.2 Å². The van der Waals surface area contributed by atoms with Crippen molar-refractivity contribution in [1.29, 1.82) is 0 Å². The first-order valence-corrected chi connectivity index (χ1v) is 6.79. The Morgan fingerprint density at radius 1 is 1.30 bits per heavy atom. The molecule has 0 aliphatic carbocycles. The van der Waals surface area contributed by atoms with Gasteiger partial charge in [0.2, 0.25) is 0 Å². The van der Waals surface area contributed by atoms with Gasteiger partial charge >= 0.3 is 0 Å². The molecule has 2 rings (SSSR count). The molecule has 20 heavy (non-hydrogen) atoms. The Hall–Kier alpha value is -1.91. The number of H-pyrrole nitrogens is 1. The van der Waals surface area contributed by atoms with Crippen molar-refractivity contribution in [1.82, 2.24) is 20.5 Å². The fraction of sp³-hybridized carbons (Fsp3) is 0.533. The van der Waals surface area contributed by atoms with Gasteiger partial charge in [0, 0.05) is 17.9 Å². The molecular weight excluding hydrogens is 252 g/mol. The average molecular weight is 274 g/mol. The summed E-state index contributed by atoms with van der Waals surface area (Å²) < 4.78 is 0. The summed E-state index contributed by atoms with van der Waals surface area (Å²) in [7, 11) is 0. The number of carbonyl (C=O) groups excluding carboxylic acids is 1. The zero-order valence-corrected chi connectivity index (χ0v) is 12.7. The highest BCUT2D eigenvalue weighted by Crippen LogP contribution is 2.27. The molecule has 0 unspecified atom stereocenters. The van der Waals surface area contributed by atoms with Crippen LogP contribution < -0.4 is 5.32 Å². The number of nitrogens with one attached hydrogen (secondary N) is 2. The lowest BCUT2D eigenvalue weighted by Crippen LogP contribution is -2.46. The highest BCUT2D eigenvalue weighted by Gasteiger charge is 2.28. The number of aromatic amines is 1. The van der Waals surface area contributed by atoms with Gasteiger partial charge in [0.1, 0.15) is 0 Å². The number of amides is 1. The number of hydrogen-bond donors (Lipinski definition) is 2. The maximum Gasteiger partial charge on any atom is 0.272 e. The van der Waals surface area contributed by atoms with Crippen molar-refractivity contribution in [2.24, 2.45) is 5.41 Å². The molecule has 2 aromatic rings. The van der Waals surface area contributed by atoms with Crippen LogP contribution in [0.25, 0.3) is 10.9 Å². The van der Waals surface area contributed by atoms with Crippen molar-refractivity contribution in [3.63, 3.8) is 0 Å². The van der Waals surface area contributed by atoms with Gasteiger partial charge in [-0.3, -0.25) is 14.9 Å². The average Bonchev–Trinajstić information content (AvgIpc) is 2.68. The molecule has 108 valence electrons. The van der Waals surface area contributed by atoms with Crippen LogP contribution in [0, 0.1) is 5.41 Å². The van der Waals surface area contributed by atoms with Crippen LogP contribution in [-0.4, -0.2) is 26.6 Å². The third-order valence-corrected chi connectivity index (χ3v) is 3.00. The molecule has 0 spiro atoms. The van der Waals surface area contributed by atoms with Gasteiger partial charge < -0.3 is 5.32 Å². The number of nitrogens with zero attached hydrogens (tertiary/aromatic N) is 2. The highest BCUT2D eigenvalue weighted by molar-refractivity contribution is 6.04. The molecule has 0 saturated carbocycles. The molecule has 5 heteroatoms. The fourth-order valence-electron chi connectivity index (χ4n) is 2.77. The Kier molecular flexibility index (Phi) is 3.54. The smallest absolute Gasteiger partial charge is 0.272 e. The number of hydrogen-bond acceptors (Lipinski definition) is 3. The monoisotopic (exact) mass is 274 g/mol. The van der Waals surface area contributed by atoms with Crippen LogP contribution in [0.4, 0.5) is 0 Å². The summed E-state index contributed by atoms with van der Waals surface area (Å²) in [5, 5.41) is 10.8. The second-order valence-corrected chi connectivity index (χ2v) is 7.07. The Balaban J connectivity index is 2.20. The van der Waals surface area contributed by atoms with E-state index in [0.29, 0.717) is 5.69 Å². The van der Waals surface area contributed by atoms with Crippen LogP contribution in [0.5, 0.6) is 0 Å². The van der Waals surface area contributed by atoms with Crippen LogP contribution in [0.1, 0.15) is 51.5 Å². The van der Waals surface area contributed by atoms with Crippen molar-refractivity contribution < 1.29 is 4.79 Å². The lowest BCUT2D eigenvalue weighted by atomic mass is 9.82. The van der Waals surface area contributed by atoms with Gasteiger partial charge in [0.05, 0.1) is 10.9 Å². The highest BCUT2D eigenvalue weighted by atomic mass is 16.2. The third-order valence-electron chi connectivity index (χ3n) is 3.00. The molecule has 0 aliphatic rings. The first-order valence-electron chi connectivity index (χ1n) is 6.79. The molecule has 1 amide bonds. The molecule has 2 heterocycles. The lowest BCUT2D eigenvalue weighted by Gasteiger charge is -2.33. The molecule has 0 aromatic carbocycles. The summed E-state index contributed by atoms with van der Waals surface area (Å²) >= 11 is 0. The molecule has 5 nitrogen and oxygen atoms in total. The van der Waals surface area contributed by atoms with E-state index in [4.69, 9.17) is 0 Å². The van der Waals surface area contributed by atoms with Gasteiger partial charge in [-0.2, -0.15) is 5.10 Å². The quantitative estimate of drug-likeness (QED) is 0.904. The Bertz CT molecular complexity index is 622. The summed E-state index contributed by atoms with van der Waals surface area (Å²) in [6.07, 6.45) is 4.21. The molecular formula is C15H22N4O. The zero-order chi connectivity index (χ0) is 15.0. The maximum atomic E-state index is 12.4. The third kappa shape index (κ3) is 3.35. The van der Waals surface area contributed by atoms with Crippen molar-refractivity contribution in [3.8, 4) is 0 Å². The maximum absolute atomic E-state index is 12.4. The molecule has 0 fully saturated rings. The van der Waals surface area contributed by atoms with Crippen molar-refractivity contribution in [2.45, 2.75) is 46.6 Å². The Morgan fingerprint density at radius 2 is 2.00 bits per heavy atom. The first-order chi connectivity index (χ1) is 9.18. The summed E-state index contributed by atoms with van der Waals surface area (Å²) in [6, 6.07) is 1.80. The molecule has 0 aliphatic heterocycles. The molecule has 2 N–H and O–H groups in total. The number of carbonyl (C=O) groups is 1. The van der Waals surface area contributed by atoms with E-state index < -0.39 is 0 Å². The zero-order valence-electron chi connectivity index (χ0n) is 12.7. The van der Waals surface area contributed by atoms with Crippen LogP contribution in [0.15, 0.2) is 18.5 Å². The van der Waals surface area contributed by atoms with Crippen LogP contribution in [0.3, 0.4) is 0 Å². The topological polar surface area (TPSA) is 70.7 Å². The Morgan fingerprint density at radius 3 is 2.65 bits per heavy atom. The van der Waals surface area contributed by atoms with Gasteiger partial charge in [-0.15, -0.1) is 0 Å². The minimum atomic E-state index is -0.289. The van der Waals surface area contributed by atoms with Gasteiger partial charge in [0.15, 0.2) is 5.69 Å². The lowest BCUT2D eigenvalue weighted by molar-refractivity contribution is 0.0888. The molecule has 2 aromatic heterocycles.